The van der Waals surface area contributed by atoms with E-state index in [0.717, 1.165) is 17.1 Å². The quantitative estimate of drug-likeness (QED) is 0.184. The molecule has 0 N–H and O–H groups in total. The first-order valence-corrected chi connectivity index (χ1v) is 17.9. The van der Waals surface area contributed by atoms with Gasteiger partial charge in [-0.3, -0.25) is 0 Å². The van der Waals surface area contributed by atoms with Gasteiger partial charge in [0.2, 0.25) is 0 Å². The summed E-state index contributed by atoms with van der Waals surface area (Å²) < 4.78 is 7.38. The van der Waals surface area contributed by atoms with E-state index >= 15 is 0 Å². The van der Waals surface area contributed by atoms with Crippen LogP contribution in [-0.4, -0.2) is 13.7 Å². The average molecular weight is 663 g/mol. The molecule has 0 spiro atoms. The molecule has 242 valence electrons. The Labute approximate surface area is 299 Å². The van der Waals surface area contributed by atoms with Crippen LogP contribution in [0.3, 0.4) is 0 Å². The third kappa shape index (κ3) is 3.55. The lowest BCUT2D eigenvalue weighted by atomic mass is 10.1. The summed E-state index contributed by atoms with van der Waals surface area (Å²) in [5, 5.41) is 7.50. The Kier molecular flexibility index (Phi) is 5.47. The summed E-state index contributed by atoms with van der Waals surface area (Å²) in [6.45, 7) is 0. The lowest BCUT2D eigenvalue weighted by molar-refractivity contribution is 1.10. The van der Waals surface area contributed by atoms with Crippen molar-refractivity contribution in [3.8, 4) is 17.1 Å². The lowest BCUT2D eigenvalue weighted by Crippen LogP contribution is -2.18. The Bertz CT molecular complexity index is 3230. The van der Waals surface area contributed by atoms with Crippen molar-refractivity contribution < 1.29 is 0 Å². The van der Waals surface area contributed by atoms with Crippen molar-refractivity contribution in [2.45, 2.75) is 0 Å². The van der Waals surface area contributed by atoms with Crippen molar-refractivity contribution in [1.29, 1.82) is 0 Å². The molecule has 11 aromatic rings. The standard InChI is InChI=1S/C48H30N4/c1-3-14-31(15-4-1)49-40-21-9-8-19-35(40)39-30-33(26-29-42(39)49)50-43-23-11-12-24-44(43)52-46-36(20-13-25-45(46)50)38-28-27-37-34-18-7-10-22-41(34)51(47(37)48(38)52)32-16-5-2-6-17-32/h1-30H. The fourth-order valence-electron chi connectivity index (χ4n) is 9.05. The number of fused-ring (bicyclic) bond motifs is 12. The Morgan fingerprint density at radius 2 is 0.750 bits per heavy atom. The van der Waals surface area contributed by atoms with Gasteiger partial charge >= 0.3 is 0 Å². The number of para-hydroxylation sites is 7. The highest BCUT2D eigenvalue weighted by atomic mass is 15.2. The van der Waals surface area contributed by atoms with Crippen molar-refractivity contribution >= 4 is 82.5 Å². The van der Waals surface area contributed by atoms with Gasteiger partial charge in [-0.05, 0) is 72.8 Å². The number of rotatable bonds is 3. The van der Waals surface area contributed by atoms with Crippen molar-refractivity contribution in [2.75, 3.05) is 4.90 Å². The first-order valence-electron chi connectivity index (χ1n) is 17.9. The fourth-order valence-corrected chi connectivity index (χ4v) is 9.05. The SMILES string of the molecule is c1ccc(-n2c3ccccc3c3cc(N4c5ccccc5-n5c6c4cccc6c4ccc6c7ccccc7n(-c7ccccc7)c6c45)ccc32)cc1. The Morgan fingerprint density at radius 3 is 1.50 bits per heavy atom. The topological polar surface area (TPSA) is 18.0 Å². The van der Waals surface area contributed by atoms with E-state index in [1.807, 2.05) is 0 Å². The normalized spacial score (nSPS) is 12.6. The monoisotopic (exact) mass is 662 g/mol. The summed E-state index contributed by atoms with van der Waals surface area (Å²) in [7, 11) is 0. The molecule has 0 amide bonds. The smallest absolute Gasteiger partial charge is 0.0790 e. The molecule has 0 aliphatic carbocycles. The number of nitrogens with zero attached hydrogens (tertiary/aromatic N) is 4. The van der Waals surface area contributed by atoms with Gasteiger partial charge in [0.15, 0.2) is 0 Å². The molecule has 12 rings (SSSR count). The van der Waals surface area contributed by atoms with Gasteiger partial charge in [-0.2, -0.15) is 0 Å². The molecule has 0 saturated heterocycles. The van der Waals surface area contributed by atoms with Gasteiger partial charge in [-0.25, -0.2) is 0 Å². The van der Waals surface area contributed by atoms with Crippen LogP contribution < -0.4 is 4.90 Å². The van der Waals surface area contributed by atoms with Crippen LogP contribution in [0, 0.1) is 0 Å². The third-order valence-electron chi connectivity index (χ3n) is 11.1. The van der Waals surface area contributed by atoms with Crippen LogP contribution in [0.1, 0.15) is 0 Å². The number of aromatic nitrogens is 3. The molecule has 4 nitrogen and oxygen atoms in total. The van der Waals surface area contributed by atoms with Gasteiger partial charge in [-0.15, -0.1) is 0 Å². The summed E-state index contributed by atoms with van der Waals surface area (Å²) >= 11 is 0. The van der Waals surface area contributed by atoms with Crippen molar-refractivity contribution in [3.05, 3.63) is 182 Å². The van der Waals surface area contributed by atoms with Crippen LogP contribution in [0.15, 0.2) is 182 Å². The molecule has 0 atom stereocenters. The molecule has 8 aromatic carbocycles. The number of anilines is 3. The second-order valence-corrected chi connectivity index (χ2v) is 13.8. The van der Waals surface area contributed by atoms with E-state index in [-0.39, 0.29) is 0 Å². The molecule has 1 aliphatic heterocycles. The lowest BCUT2D eigenvalue weighted by Gasteiger charge is -2.33. The van der Waals surface area contributed by atoms with Crippen LogP contribution in [0.25, 0.3) is 82.5 Å². The van der Waals surface area contributed by atoms with E-state index in [0.29, 0.717) is 0 Å². The molecular formula is C48H30N4. The zero-order chi connectivity index (χ0) is 33.9. The van der Waals surface area contributed by atoms with E-state index in [9.17, 15) is 0 Å². The zero-order valence-corrected chi connectivity index (χ0v) is 28.1. The molecule has 4 heteroatoms. The molecule has 0 unspecified atom stereocenters. The molecule has 0 bridgehead atoms. The van der Waals surface area contributed by atoms with Crippen LogP contribution in [0.5, 0.6) is 0 Å². The van der Waals surface area contributed by atoms with Crippen molar-refractivity contribution in [1.82, 2.24) is 13.7 Å². The predicted molar refractivity (Wildman–Crippen MR) is 218 cm³/mol. The first-order chi connectivity index (χ1) is 25.8. The number of hydrogen-bond donors (Lipinski definition) is 0. The maximum Gasteiger partial charge on any atom is 0.0790 e. The van der Waals surface area contributed by atoms with Gasteiger partial charge in [0, 0.05) is 49.4 Å². The second-order valence-electron chi connectivity index (χ2n) is 13.8. The Morgan fingerprint density at radius 1 is 0.250 bits per heavy atom. The minimum absolute atomic E-state index is 1.14. The number of benzene rings is 8. The van der Waals surface area contributed by atoms with Crippen molar-refractivity contribution in [2.24, 2.45) is 0 Å². The van der Waals surface area contributed by atoms with Crippen LogP contribution in [0.2, 0.25) is 0 Å². The van der Waals surface area contributed by atoms with Crippen LogP contribution >= 0.6 is 0 Å². The highest BCUT2D eigenvalue weighted by Crippen LogP contribution is 2.52. The zero-order valence-electron chi connectivity index (χ0n) is 28.1. The second kappa shape index (κ2) is 10.3. The van der Waals surface area contributed by atoms with Gasteiger partial charge < -0.3 is 18.6 Å². The average Bonchev–Trinajstić information content (AvgIpc) is 3.85. The molecule has 1 aliphatic rings. The van der Waals surface area contributed by atoms with Gasteiger partial charge in [0.25, 0.3) is 0 Å². The summed E-state index contributed by atoms with van der Waals surface area (Å²) in [5.74, 6) is 0. The first kappa shape index (κ1) is 27.7. The summed E-state index contributed by atoms with van der Waals surface area (Å²) in [5.41, 5.74) is 14.3. The largest absolute Gasteiger partial charge is 0.309 e. The number of hydrogen-bond acceptors (Lipinski definition) is 1. The highest BCUT2D eigenvalue weighted by Gasteiger charge is 2.30. The third-order valence-corrected chi connectivity index (χ3v) is 11.1. The van der Waals surface area contributed by atoms with Gasteiger partial charge in [0.1, 0.15) is 0 Å². The molecule has 4 heterocycles. The maximum atomic E-state index is 2.53. The molecule has 0 radical (unpaired) electrons. The van der Waals surface area contributed by atoms with Gasteiger partial charge in [-0.1, -0.05) is 109 Å². The molecule has 3 aromatic heterocycles. The molecular weight excluding hydrogens is 633 g/mol. The minimum atomic E-state index is 1.14. The van der Waals surface area contributed by atoms with Crippen LogP contribution in [0.4, 0.5) is 17.1 Å². The summed E-state index contributed by atoms with van der Waals surface area (Å²) in [6.07, 6.45) is 0. The fraction of sp³-hybridized carbons (Fsp3) is 0. The summed E-state index contributed by atoms with van der Waals surface area (Å²) in [6, 6.07) is 66.4. The molecule has 52 heavy (non-hydrogen) atoms. The van der Waals surface area contributed by atoms with E-state index in [1.165, 1.54) is 82.5 Å². The maximum absolute atomic E-state index is 2.53. The molecule has 0 fully saturated rings. The highest BCUT2D eigenvalue weighted by molar-refractivity contribution is 6.26. The van der Waals surface area contributed by atoms with Crippen LogP contribution in [-0.2, 0) is 0 Å². The van der Waals surface area contributed by atoms with E-state index in [2.05, 4.69) is 201 Å². The van der Waals surface area contributed by atoms with E-state index in [1.54, 1.807) is 0 Å². The van der Waals surface area contributed by atoms with Gasteiger partial charge in [0.05, 0.1) is 50.2 Å². The summed E-state index contributed by atoms with van der Waals surface area (Å²) in [4.78, 5) is 2.47. The van der Waals surface area contributed by atoms with E-state index < -0.39 is 0 Å². The van der Waals surface area contributed by atoms with E-state index in [4.69, 9.17) is 0 Å². The Hall–Kier alpha value is -7.04. The molecule has 0 saturated carbocycles. The minimum Gasteiger partial charge on any atom is -0.309 e. The van der Waals surface area contributed by atoms with Crippen molar-refractivity contribution in [3.63, 3.8) is 0 Å². The predicted octanol–water partition coefficient (Wildman–Crippen LogP) is 12.8. The Balaban J connectivity index is 1.19.